The van der Waals surface area contributed by atoms with Gasteiger partial charge in [0, 0.05) is 17.4 Å². The molecule has 0 saturated carbocycles. The third-order valence-corrected chi connectivity index (χ3v) is 4.63. The predicted octanol–water partition coefficient (Wildman–Crippen LogP) is 2.35. The topological polar surface area (TPSA) is 115 Å². The lowest BCUT2D eigenvalue weighted by molar-refractivity contribution is 0.102. The molecule has 0 atom stereocenters. The van der Waals surface area contributed by atoms with E-state index < -0.39 is 10.0 Å². The van der Waals surface area contributed by atoms with Gasteiger partial charge in [-0.15, -0.1) is 0 Å². The zero-order chi connectivity index (χ0) is 18.7. The van der Waals surface area contributed by atoms with Crippen LogP contribution in [-0.2, 0) is 10.0 Å². The van der Waals surface area contributed by atoms with E-state index in [1.54, 1.807) is 6.92 Å². The molecule has 1 aromatic heterocycles. The summed E-state index contributed by atoms with van der Waals surface area (Å²) in [6.45, 7) is 1.73. The minimum absolute atomic E-state index is 0.0257. The molecule has 0 unspecified atom stereocenters. The normalized spacial score (nSPS) is 11.2. The average Bonchev–Trinajstić information content (AvgIpc) is 2.62. The molecule has 3 N–H and O–H groups in total. The van der Waals surface area contributed by atoms with E-state index in [9.17, 15) is 13.2 Å². The Bertz CT molecular complexity index is 1050. The molecule has 1 amide bonds. The predicted molar refractivity (Wildman–Crippen MR) is 98.0 cm³/mol. The third-order valence-electron chi connectivity index (χ3n) is 3.70. The Morgan fingerprint density at radius 3 is 2.27 bits per heavy atom. The van der Waals surface area contributed by atoms with Crippen LogP contribution >= 0.6 is 0 Å². The maximum absolute atomic E-state index is 12.4. The van der Waals surface area contributed by atoms with Gasteiger partial charge < -0.3 is 5.32 Å². The molecule has 26 heavy (non-hydrogen) atoms. The van der Waals surface area contributed by atoms with Crippen molar-refractivity contribution in [1.29, 1.82) is 0 Å². The lowest BCUT2D eigenvalue weighted by atomic mass is 10.2. The molecule has 8 heteroatoms. The number of carbonyl (C=O) groups is 1. The minimum atomic E-state index is -3.77. The number of nitrogens with one attached hydrogen (secondary N) is 1. The highest BCUT2D eigenvalue weighted by atomic mass is 32.2. The van der Waals surface area contributed by atoms with Gasteiger partial charge in [-0.05, 0) is 31.2 Å². The largest absolute Gasteiger partial charge is 0.322 e. The van der Waals surface area contributed by atoms with Crippen molar-refractivity contribution < 1.29 is 13.2 Å². The minimum Gasteiger partial charge on any atom is -0.322 e. The summed E-state index contributed by atoms with van der Waals surface area (Å²) >= 11 is 0. The Balaban J connectivity index is 1.80. The molecule has 0 bridgehead atoms. The molecule has 3 rings (SSSR count). The van der Waals surface area contributed by atoms with Gasteiger partial charge >= 0.3 is 0 Å². The van der Waals surface area contributed by atoms with Crippen LogP contribution in [0, 0.1) is 6.92 Å². The molecule has 7 nitrogen and oxygen atoms in total. The number of carbonyl (C=O) groups excluding carboxylic acids is 1. The fourth-order valence-electron chi connectivity index (χ4n) is 2.34. The number of benzene rings is 2. The smallest absolute Gasteiger partial charge is 0.259 e. The van der Waals surface area contributed by atoms with Crippen molar-refractivity contribution in [2.24, 2.45) is 5.14 Å². The molecule has 0 aliphatic heterocycles. The molecule has 132 valence electrons. The molecule has 0 fully saturated rings. The monoisotopic (exact) mass is 368 g/mol. The van der Waals surface area contributed by atoms with E-state index in [2.05, 4.69) is 15.3 Å². The summed E-state index contributed by atoms with van der Waals surface area (Å²) in [5.74, 6) is 0.155. The maximum atomic E-state index is 12.4. The van der Waals surface area contributed by atoms with Crippen molar-refractivity contribution in [2.75, 3.05) is 5.32 Å². The number of anilines is 1. The quantitative estimate of drug-likeness (QED) is 0.733. The van der Waals surface area contributed by atoms with Crippen LogP contribution in [0.5, 0.6) is 0 Å². The second-order valence-electron chi connectivity index (χ2n) is 5.58. The van der Waals surface area contributed by atoms with Crippen LogP contribution in [-0.4, -0.2) is 24.3 Å². The Labute approximate surface area is 151 Å². The van der Waals surface area contributed by atoms with E-state index >= 15 is 0 Å². The maximum Gasteiger partial charge on any atom is 0.259 e. The Kier molecular flexibility index (Phi) is 4.79. The number of hydrogen-bond donors (Lipinski definition) is 2. The van der Waals surface area contributed by atoms with Crippen LogP contribution in [0.25, 0.3) is 11.4 Å². The highest BCUT2D eigenvalue weighted by Crippen LogP contribution is 2.17. The third kappa shape index (κ3) is 3.93. The summed E-state index contributed by atoms with van der Waals surface area (Å²) < 4.78 is 22.5. The number of amides is 1. The zero-order valence-corrected chi connectivity index (χ0v) is 14.7. The van der Waals surface area contributed by atoms with Gasteiger partial charge in [0.2, 0.25) is 10.0 Å². The molecule has 2 aromatic carbocycles. The molecular formula is C18H16N4O3S. The van der Waals surface area contributed by atoms with E-state index in [1.165, 1.54) is 30.5 Å². The Morgan fingerprint density at radius 2 is 1.69 bits per heavy atom. The van der Waals surface area contributed by atoms with Crippen LogP contribution in [0.2, 0.25) is 0 Å². The summed E-state index contributed by atoms with van der Waals surface area (Å²) in [6.07, 6.45) is 1.47. The first-order valence-corrected chi connectivity index (χ1v) is 9.22. The van der Waals surface area contributed by atoms with Crippen molar-refractivity contribution >= 4 is 21.6 Å². The second-order valence-corrected chi connectivity index (χ2v) is 7.14. The molecule has 0 aliphatic carbocycles. The van der Waals surface area contributed by atoms with Crippen molar-refractivity contribution in [3.8, 4) is 11.4 Å². The SMILES string of the molecule is Cc1nc(-c2ccccc2)ncc1C(=O)Nc1ccc(S(N)(=O)=O)cc1. The molecular weight excluding hydrogens is 352 g/mol. The fraction of sp³-hybridized carbons (Fsp3) is 0.0556. The number of nitrogens with two attached hydrogens (primary N) is 1. The number of nitrogens with zero attached hydrogens (tertiary/aromatic N) is 2. The lowest BCUT2D eigenvalue weighted by Crippen LogP contribution is -2.15. The standard InChI is InChI=1S/C18H16N4O3S/c1-12-16(11-20-17(21-12)13-5-3-2-4-6-13)18(23)22-14-7-9-15(10-8-14)26(19,24)25/h2-11H,1H3,(H,22,23)(H2,19,24,25). The first kappa shape index (κ1) is 17.7. The molecule has 0 aliphatic rings. The van der Waals surface area contributed by atoms with Crippen LogP contribution < -0.4 is 10.5 Å². The van der Waals surface area contributed by atoms with Crippen LogP contribution in [0.1, 0.15) is 16.1 Å². The van der Waals surface area contributed by atoms with E-state index in [4.69, 9.17) is 5.14 Å². The van der Waals surface area contributed by atoms with Crippen LogP contribution in [0.3, 0.4) is 0 Å². The van der Waals surface area contributed by atoms with E-state index in [0.717, 1.165) is 5.56 Å². The van der Waals surface area contributed by atoms with Crippen molar-refractivity contribution in [3.05, 3.63) is 72.1 Å². The summed E-state index contributed by atoms with van der Waals surface area (Å²) in [7, 11) is -3.77. The number of hydrogen-bond acceptors (Lipinski definition) is 5. The number of primary sulfonamides is 1. The molecule has 0 saturated heterocycles. The summed E-state index contributed by atoms with van der Waals surface area (Å²) in [6, 6.07) is 15.0. The molecule has 1 heterocycles. The summed E-state index contributed by atoms with van der Waals surface area (Å²) in [4.78, 5) is 21.0. The number of aryl methyl sites for hydroxylation is 1. The van der Waals surface area contributed by atoms with E-state index in [-0.39, 0.29) is 10.8 Å². The van der Waals surface area contributed by atoms with Gasteiger partial charge in [0.05, 0.1) is 16.2 Å². The van der Waals surface area contributed by atoms with E-state index in [0.29, 0.717) is 22.8 Å². The Hall–Kier alpha value is -3.10. The van der Waals surface area contributed by atoms with Gasteiger partial charge in [-0.2, -0.15) is 0 Å². The molecule has 0 spiro atoms. The van der Waals surface area contributed by atoms with Crippen LogP contribution in [0.15, 0.2) is 65.7 Å². The summed E-state index contributed by atoms with van der Waals surface area (Å²) in [5.41, 5.74) is 2.17. The lowest BCUT2D eigenvalue weighted by Gasteiger charge is -2.09. The van der Waals surface area contributed by atoms with Crippen molar-refractivity contribution in [1.82, 2.24) is 9.97 Å². The second kappa shape index (κ2) is 7.03. The van der Waals surface area contributed by atoms with Gasteiger partial charge in [-0.25, -0.2) is 23.5 Å². The highest BCUT2D eigenvalue weighted by molar-refractivity contribution is 7.89. The fourth-order valence-corrected chi connectivity index (χ4v) is 2.86. The zero-order valence-electron chi connectivity index (χ0n) is 13.9. The van der Waals surface area contributed by atoms with Gasteiger partial charge in [0.15, 0.2) is 5.82 Å². The first-order chi connectivity index (χ1) is 12.3. The Morgan fingerprint density at radius 1 is 1.04 bits per heavy atom. The van der Waals surface area contributed by atoms with Crippen molar-refractivity contribution in [3.63, 3.8) is 0 Å². The number of aromatic nitrogens is 2. The van der Waals surface area contributed by atoms with Gasteiger partial charge in [-0.1, -0.05) is 30.3 Å². The number of rotatable bonds is 4. The first-order valence-electron chi connectivity index (χ1n) is 7.68. The van der Waals surface area contributed by atoms with Crippen LogP contribution in [0.4, 0.5) is 5.69 Å². The summed E-state index contributed by atoms with van der Waals surface area (Å²) in [5, 5.41) is 7.73. The number of sulfonamides is 1. The van der Waals surface area contributed by atoms with E-state index in [1.807, 2.05) is 30.3 Å². The molecule has 3 aromatic rings. The van der Waals surface area contributed by atoms with Crippen molar-refractivity contribution in [2.45, 2.75) is 11.8 Å². The van der Waals surface area contributed by atoms with Gasteiger partial charge in [-0.3, -0.25) is 4.79 Å². The molecule has 0 radical (unpaired) electrons. The highest BCUT2D eigenvalue weighted by Gasteiger charge is 2.14. The van der Waals surface area contributed by atoms with Gasteiger partial charge in [0.1, 0.15) is 0 Å². The van der Waals surface area contributed by atoms with Gasteiger partial charge in [0.25, 0.3) is 5.91 Å². The average molecular weight is 368 g/mol.